The highest BCUT2D eigenvalue weighted by Crippen LogP contribution is 2.35. The van der Waals surface area contributed by atoms with Gasteiger partial charge in [-0.3, -0.25) is 0 Å². The van der Waals surface area contributed by atoms with Crippen LogP contribution in [0.5, 0.6) is 23.0 Å². The number of aromatic nitrogens is 1. The minimum absolute atomic E-state index is 0.0484. The number of rotatable bonds is 10. The van der Waals surface area contributed by atoms with Gasteiger partial charge in [-0.15, -0.1) is 13.2 Å². The van der Waals surface area contributed by atoms with Gasteiger partial charge >= 0.3 is 12.3 Å². The number of nitrogens with zero attached hydrogens (tertiary/aromatic N) is 1. The van der Waals surface area contributed by atoms with Crippen LogP contribution in [-0.4, -0.2) is 36.1 Å². The van der Waals surface area contributed by atoms with Gasteiger partial charge in [0.05, 0.1) is 7.11 Å². The second-order valence-corrected chi connectivity index (χ2v) is 7.98. The quantitative estimate of drug-likeness (QED) is 0.257. The molecule has 38 heavy (non-hydrogen) atoms. The normalized spacial score (nSPS) is 11.2. The Labute approximate surface area is 215 Å². The van der Waals surface area contributed by atoms with E-state index in [1.165, 1.54) is 24.3 Å². The molecule has 1 aromatic heterocycles. The number of aliphatic carboxylic acids is 1. The Bertz CT molecular complexity index is 1400. The Balaban J connectivity index is 1.59. The molecule has 1 N–H and O–H groups in total. The van der Waals surface area contributed by atoms with Crippen LogP contribution in [0.1, 0.15) is 11.5 Å². The predicted molar refractivity (Wildman–Crippen MR) is 129 cm³/mol. The van der Waals surface area contributed by atoms with E-state index in [2.05, 4.69) is 9.72 Å². The van der Waals surface area contributed by atoms with Crippen LogP contribution in [0.2, 0.25) is 0 Å². The lowest BCUT2D eigenvalue weighted by molar-refractivity contribution is -0.274. The summed E-state index contributed by atoms with van der Waals surface area (Å²) in [5, 5.41) is 8.78. The molecule has 4 rings (SSSR count). The number of carboxylic acid groups (broad SMARTS) is 1. The molecule has 0 aliphatic heterocycles. The number of halogens is 3. The number of carboxylic acids is 1. The minimum Gasteiger partial charge on any atom is -0.497 e. The van der Waals surface area contributed by atoms with Gasteiger partial charge in [-0.1, -0.05) is 0 Å². The third-order valence-electron chi connectivity index (χ3n) is 5.24. The van der Waals surface area contributed by atoms with Gasteiger partial charge < -0.3 is 28.5 Å². The van der Waals surface area contributed by atoms with Gasteiger partial charge in [0, 0.05) is 11.1 Å². The topological polar surface area (TPSA) is 100 Å². The van der Waals surface area contributed by atoms with Crippen molar-refractivity contribution in [2.45, 2.75) is 19.9 Å². The van der Waals surface area contributed by atoms with Crippen LogP contribution in [0, 0.1) is 6.92 Å². The summed E-state index contributed by atoms with van der Waals surface area (Å²) in [6, 6.07) is 17.2. The van der Waals surface area contributed by atoms with E-state index in [1.807, 2.05) is 0 Å². The molecule has 1 heterocycles. The first-order chi connectivity index (χ1) is 18.1. The molecule has 0 spiro atoms. The van der Waals surface area contributed by atoms with Crippen LogP contribution in [-0.2, 0) is 11.4 Å². The Morgan fingerprint density at radius 2 is 1.55 bits per heavy atom. The third-order valence-corrected chi connectivity index (χ3v) is 5.24. The van der Waals surface area contributed by atoms with Gasteiger partial charge in [0.2, 0.25) is 5.89 Å². The van der Waals surface area contributed by atoms with Crippen molar-refractivity contribution in [3.8, 4) is 45.6 Å². The summed E-state index contributed by atoms with van der Waals surface area (Å²) >= 11 is 0. The van der Waals surface area contributed by atoms with Crippen molar-refractivity contribution in [2.75, 3.05) is 13.7 Å². The predicted octanol–water partition coefficient (Wildman–Crippen LogP) is 6.27. The van der Waals surface area contributed by atoms with Crippen molar-refractivity contribution >= 4 is 5.97 Å². The molecule has 0 radical (unpaired) electrons. The van der Waals surface area contributed by atoms with E-state index in [-0.39, 0.29) is 18.2 Å². The van der Waals surface area contributed by atoms with E-state index in [4.69, 9.17) is 23.7 Å². The fourth-order valence-corrected chi connectivity index (χ4v) is 3.53. The van der Waals surface area contributed by atoms with E-state index < -0.39 is 18.9 Å². The van der Waals surface area contributed by atoms with Gasteiger partial charge in [-0.2, -0.15) is 0 Å². The Morgan fingerprint density at radius 1 is 0.921 bits per heavy atom. The summed E-state index contributed by atoms with van der Waals surface area (Å²) in [6.45, 7) is 1.24. The summed E-state index contributed by atoms with van der Waals surface area (Å²) in [5.41, 5.74) is 2.32. The summed E-state index contributed by atoms with van der Waals surface area (Å²) < 4.78 is 63.8. The average Bonchev–Trinajstić information content (AvgIpc) is 3.30. The van der Waals surface area contributed by atoms with Crippen LogP contribution in [0.3, 0.4) is 0 Å². The lowest BCUT2D eigenvalue weighted by Crippen LogP contribution is -2.16. The van der Waals surface area contributed by atoms with Crippen LogP contribution in [0.15, 0.2) is 71.1 Å². The van der Waals surface area contributed by atoms with Gasteiger partial charge in [-0.25, -0.2) is 9.78 Å². The molecule has 0 fully saturated rings. The van der Waals surface area contributed by atoms with Crippen molar-refractivity contribution in [2.24, 2.45) is 0 Å². The monoisotopic (exact) mass is 529 g/mol. The molecule has 11 heteroatoms. The van der Waals surface area contributed by atoms with Crippen molar-refractivity contribution in [1.82, 2.24) is 4.98 Å². The maximum absolute atomic E-state index is 12.6. The summed E-state index contributed by atoms with van der Waals surface area (Å²) in [4.78, 5) is 15.3. The average molecular weight is 529 g/mol. The largest absolute Gasteiger partial charge is 0.573 e. The zero-order chi connectivity index (χ0) is 27.3. The van der Waals surface area contributed by atoms with Crippen LogP contribution in [0.25, 0.3) is 22.6 Å². The zero-order valence-corrected chi connectivity index (χ0v) is 20.2. The lowest BCUT2D eigenvalue weighted by atomic mass is 10.1. The number of ether oxygens (including phenoxy) is 4. The van der Waals surface area contributed by atoms with Crippen LogP contribution >= 0.6 is 0 Å². The second kappa shape index (κ2) is 11.2. The number of oxazole rings is 1. The molecular weight excluding hydrogens is 507 g/mol. The van der Waals surface area contributed by atoms with E-state index in [1.54, 1.807) is 56.5 Å². The fourth-order valence-electron chi connectivity index (χ4n) is 3.53. The van der Waals surface area contributed by atoms with Gasteiger partial charge in [0.1, 0.15) is 28.7 Å². The lowest BCUT2D eigenvalue weighted by Gasteiger charge is -2.09. The fraction of sp³-hybridized carbons (Fsp3) is 0.185. The molecule has 0 bridgehead atoms. The molecule has 198 valence electrons. The summed E-state index contributed by atoms with van der Waals surface area (Å²) in [7, 11) is 1.54. The minimum atomic E-state index is -4.80. The Morgan fingerprint density at radius 3 is 2.16 bits per heavy atom. The highest BCUT2D eigenvalue weighted by Gasteiger charge is 2.31. The highest BCUT2D eigenvalue weighted by molar-refractivity contribution is 5.77. The number of methoxy groups -OCH3 is 1. The molecule has 0 saturated carbocycles. The Hall–Kier alpha value is -4.67. The van der Waals surface area contributed by atoms with Crippen molar-refractivity contribution in [3.05, 3.63) is 78.2 Å². The van der Waals surface area contributed by atoms with E-state index in [0.29, 0.717) is 45.4 Å². The molecule has 3 aromatic carbocycles. The number of benzene rings is 3. The van der Waals surface area contributed by atoms with Gasteiger partial charge in [0.15, 0.2) is 19.0 Å². The van der Waals surface area contributed by atoms with E-state index in [9.17, 15) is 18.0 Å². The number of hydrogen-bond donors (Lipinski definition) is 1. The molecule has 0 aliphatic carbocycles. The molecule has 8 nitrogen and oxygen atoms in total. The molecule has 0 amide bonds. The standard InChI is InChI=1S/C27H22F3NO7/c1-16-13-21(11-12-22(16)36-15-24(32)33)35-14-23-31-25(17-3-7-19(34-2)8-4-17)26(37-23)18-5-9-20(10-6-18)38-27(28,29)30/h3-13H,14-15H2,1-2H3,(H,32,33). The van der Waals surface area contributed by atoms with Crippen molar-refractivity contribution in [3.63, 3.8) is 0 Å². The molecular formula is C27H22F3NO7. The zero-order valence-electron chi connectivity index (χ0n) is 20.2. The van der Waals surface area contributed by atoms with Crippen molar-refractivity contribution in [1.29, 1.82) is 0 Å². The van der Waals surface area contributed by atoms with Crippen LogP contribution in [0.4, 0.5) is 13.2 Å². The highest BCUT2D eigenvalue weighted by atomic mass is 19.4. The Kier molecular flexibility index (Phi) is 7.75. The SMILES string of the molecule is COc1ccc(-c2nc(COc3ccc(OCC(=O)O)c(C)c3)oc2-c2ccc(OC(F)(F)F)cc2)cc1. The first kappa shape index (κ1) is 26.4. The van der Waals surface area contributed by atoms with E-state index in [0.717, 1.165) is 0 Å². The molecule has 0 atom stereocenters. The number of hydrogen-bond acceptors (Lipinski definition) is 7. The second-order valence-electron chi connectivity index (χ2n) is 7.98. The van der Waals surface area contributed by atoms with Crippen LogP contribution < -0.4 is 18.9 Å². The molecule has 0 saturated heterocycles. The molecule has 0 aliphatic rings. The maximum Gasteiger partial charge on any atom is 0.573 e. The van der Waals surface area contributed by atoms with Crippen molar-refractivity contribution < 1.29 is 46.4 Å². The smallest absolute Gasteiger partial charge is 0.497 e. The summed E-state index contributed by atoms with van der Waals surface area (Å²) in [6.07, 6.45) is -4.80. The van der Waals surface area contributed by atoms with E-state index >= 15 is 0 Å². The van der Waals surface area contributed by atoms with Gasteiger partial charge in [-0.05, 0) is 79.2 Å². The summed E-state index contributed by atoms with van der Waals surface area (Å²) in [5.74, 6) is 0.650. The first-order valence-corrected chi connectivity index (χ1v) is 11.2. The third kappa shape index (κ3) is 6.75. The number of carbonyl (C=O) groups is 1. The number of alkyl halides is 3. The molecule has 4 aromatic rings. The number of aryl methyl sites for hydroxylation is 1. The van der Waals surface area contributed by atoms with Gasteiger partial charge in [0.25, 0.3) is 0 Å². The molecule has 0 unspecified atom stereocenters. The first-order valence-electron chi connectivity index (χ1n) is 11.2. The maximum atomic E-state index is 12.6.